The van der Waals surface area contributed by atoms with Crippen molar-refractivity contribution in [3.8, 4) is 11.8 Å². The van der Waals surface area contributed by atoms with E-state index in [0.717, 1.165) is 24.7 Å². The van der Waals surface area contributed by atoms with Crippen molar-refractivity contribution in [1.29, 1.82) is 5.26 Å². The van der Waals surface area contributed by atoms with Crippen LogP contribution in [0.3, 0.4) is 0 Å². The second kappa shape index (κ2) is 9.75. The van der Waals surface area contributed by atoms with E-state index in [1.165, 1.54) is 44.5 Å². The molecule has 1 aliphatic rings. The largest absolute Gasteiger partial charge is 0.493 e. The molecule has 0 amide bonds. The minimum atomic E-state index is 0.584. The van der Waals surface area contributed by atoms with Gasteiger partial charge in [0.1, 0.15) is 5.75 Å². The summed E-state index contributed by atoms with van der Waals surface area (Å²) >= 11 is 1.81. The molecular weight excluding hydrogens is 340 g/mol. The number of benzene rings is 1. The Balaban J connectivity index is 1.38. The van der Waals surface area contributed by atoms with Gasteiger partial charge in [-0.2, -0.15) is 16.6 Å². The highest BCUT2D eigenvalue weighted by atomic mass is 32.1. The van der Waals surface area contributed by atoms with Crippen molar-refractivity contribution in [3.05, 3.63) is 52.2 Å². The van der Waals surface area contributed by atoms with Crippen LogP contribution in [0.4, 0.5) is 0 Å². The van der Waals surface area contributed by atoms with Crippen LogP contribution in [0, 0.1) is 17.2 Å². The Morgan fingerprint density at radius 2 is 2.00 bits per heavy atom. The Labute approximate surface area is 161 Å². The lowest BCUT2D eigenvalue weighted by atomic mass is 9.91. The Morgan fingerprint density at radius 3 is 2.62 bits per heavy atom. The zero-order valence-electron chi connectivity index (χ0n) is 15.6. The van der Waals surface area contributed by atoms with E-state index in [1.807, 2.05) is 35.6 Å². The minimum Gasteiger partial charge on any atom is -0.493 e. The lowest BCUT2D eigenvalue weighted by Crippen LogP contribution is -2.34. The van der Waals surface area contributed by atoms with Gasteiger partial charge in [0.2, 0.25) is 0 Å². The summed E-state index contributed by atoms with van der Waals surface area (Å²) in [4.78, 5) is 2.62. The zero-order valence-corrected chi connectivity index (χ0v) is 16.4. The molecule has 1 aromatic carbocycles. The summed E-state index contributed by atoms with van der Waals surface area (Å²) in [5.41, 5.74) is 2.21. The van der Waals surface area contributed by atoms with E-state index in [9.17, 15) is 0 Å². The van der Waals surface area contributed by atoms with Crippen molar-refractivity contribution in [3.63, 3.8) is 0 Å². The monoisotopic (exact) mass is 368 g/mol. The third-order valence-electron chi connectivity index (χ3n) is 5.50. The van der Waals surface area contributed by atoms with Crippen LogP contribution in [0.1, 0.15) is 49.7 Å². The van der Waals surface area contributed by atoms with Crippen molar-refractivity contribution in [1.82, 2.24) is 4.90 Å². The second-order valence-corrected chi connectivity index (χ2v) is 7.96. The number of nitriles is 1. The van der Waals surface area contributed by atoms with Crippen LogP contribution in [0.5, 0.6) is 5.75 Å². The Bertz CT molecular complexity index is 682. The molecule has 2 aromatic rings. The van der Waals surface area contributed by atoms with Crippen molar-refractivity contribution in [2.75, 3.05) is 26.2 Å². The highest BCUT2D eigenvalue weighted by molar-refractivity contribution is 7.07. The van der Waals surface area contributed by atoms with Crippen molar-refractivity contribution >= 4 is 11.3 Å². The summed E-state index contributed by atoms with van der Waals surface area (Å²) < 4.78 is 5.94. The fraction of sp³-hybridized carbons (Fsp3) is 0.500. The molecule has 1 unspecified atom stereocenters. The predicted molar refractivity (Wildman–Crippen MR) is 108 cm³/mol. The van der Waals surface area contributed by atoms with Gasteiger partial charge in [0.15, 0.2) is 0 Å². The maximum Gasteiger partial charge on any atom is 0.119 e. The predicted octanol–water partition coefficient (Wildman–Crippen LogP) is 5.29. The van der Waals surface area contributed by atoms with Gasteiger partial charge in [-0.1, -0.05) is 13.3 Å². The van der Waals surface area contributed by atoms with Gasteiger partial charge >= 0.3 is 0 Å². The highest BCUT2D eigenvalue weighted by Gasteiger charge is 2.21. The molecule has 2 heterocycles. The van der Waals surface area contributed by atoms with Gasteiger partial charge in [0.05, 0.1) is 18.2 Å². The molecule has 3 rings (SSSR count). The van der Waals surface area contributed by atoms with E-state index in [-0.39, 0.29) is 0 Å². The first-order chi connectivity index (χ1) is 12.8. The van der Waals surface area contributed by atoms with Gasteiger partial charge < -0.3 is 9.64 Å². The van der Waals surface area contributed by atoms with Gasteiger partial charge in [0.25, 0.3) is 0 Å². The second-order valence-electron chi connectivity index (χ2n) is 7.18. The normalized spacial score (nSPS) is 16.9. The van der Waals surface area contributed by atoms with Crippen LogP contribution in [-0.2, 0) is 0 Å². The first kappa shape index (κ1) is 18.9. The van der Waals surface area contributed by atoms with E-state index in [2.05, 4.69) is 34.7 Å². The van der Waals surface area contributed by atoms with Crippen molar-refractivity contribution < 1.29 is 4.74 Å². The summed E-state index contributed by atoms with van der Waals surface area (Å²) in [6.07, 6.45) is 4.90. The van der Waals surface area contributed by atoms with Crippen LogP contribution < -0.4 is 4.74 Å². The number of ether oxygens (including phenoxy) is 1. The van der Waals surface area contributed by atoms with Crippen LogP contribution >= 0.6 is 11.3 Å². The lowest BCUT2D eigenvalue weighted by Gasteiger charge is -2.32. The fourth-order valence-electron chi connectivity index (χ4n) is 3.61. The molecule has 26 heavy (non-hydrogen) atoms. The standard InChI is InChI=1S/C22H28N2OS/c1-2-18(16-25-22-5-3-19(15-23)4-6-22)7-11-24-12-8-20(9-13-24)21-10-14-26-17-21/h3-6,10,14,17-18,20H,2,7-9,11-13,16H2,1H3. The minimum absolute atomic E-state index is 0.584. The summed E-state index contributed by atoms with van der Waals surface area (Å²) in [6, 6.07) is 11.8. The molecule has 0 bridgehead atoms. The van der Waals surface area contributed by atoms with Gasteiger partial charge in [-0.15, -0.1) is 0 Å². The third kappa shape index (κ3) is 5.33. The smallest absolute Gasteiger partial charge is 0.119 e. The zero-order chi connectivity index (χ0) is 18.2. The fourth-order valence-corrected chi connectivity index (χ4v) is 4.35. The molecule has 1 fully saturated rings. The molecule has 0 radical (unpaired) electrons. The molecular formula is C22H28N2OS. The van der Waals surface area contributed by atoms with E-state index in [0.29, 0.717) is 11.5 Å². The van der Waals surface area contributed by atoms with Gasteiger partial charge in [0, 0.05) is 0 Å². The first-order valence-corrected chi connectivity index (χ1v) is 10.6. The van der Waals surface area contributed by atoms with Crippen LogP contribution in [0.15, 0.2) is 41.1 Å². The van der Waals surface area contributed by atoms with Crippen molar-refractivity contribution in [2.24, 2.45) is 5.92 Å². The molecule has 138 valence electrons. The summed E-state index contributed by atoms with van der Waals surface area (Å²) in [7, 11) is 0. The number of piperidine rings is 1. The van der Waals surface area contributed by atoms with Crippen LogP contribution in [0.25, 0.3) is 0 Å². The molecule has 1 atom stereocenters. The molecule has 1 aliphatic heterocycles. The Morgan fingerprint density at radius 1 is 1.23 bits per heavy atom. The number of hydrogen-bond acceptors (Lipinski definition) is 4. The number of likely N-dealkylation sites (tertiary alicyclic amines) is 1. The van der Waals surface area contributed by atoms with E-state index >= 15 is 0 Å². The molecule has 0 aliphatic carbocycles. The summed E-state index contributed by atoms with van der Waals surface area (Å²) in [5, 5.41) is 13.4. The topological polar surface area (TPSA) is 36.3 Å². The summed E-state index contributed by atoms with van der Waals surface area (Å²) in [6.45, 7) is 6.61. The number of hydrogen-bond donors (Lipinski definition) is 0. The average Bonchev–Trinajstić information content (AvgIpc) is 3.24. The maximum atomic E-state index is 8.85. The average molecular weight is 369 g/mol. The van der Waals surface area contributed by atoms with Gasteiger partial charge in [-0.3, -0.25) is 0 Å². The van der Waals surface area contributed by atoms with Gasteiger partial charge in [-0.05, 0) is 97.4 Å². The molecule has 1 aromatic heterocycles. The van der Waals surface area contributed by atoms with Gasteiger partial charge in [-0.25, -0.2) is 0 Å². The Kier molecular flexibility index (Phi) is 7.11. The van der Waals surface area contributed by atoms with Crippen LogP contribution in [-0.4, -0.2) is 31.1 Å². The summed E-state index contributed by atoms with van der Waals surface area (Å²) in [5.74, 6) is 2.21. The van der Waals surface area contributed by atoms with Crippen molar-refractivity contribution in [2.45, 2.75) is 38.5 Å². The molecule has 3 nitrogen and oxygen atoms in total. The SMILES string of the molecule is CCC(CCN1CCC(c2ccsc2)CC1)COc1ccc(C#N)cc1. The lowest BCUT2D eigenvalue weighted by molar-refractivity contribution is 0.175. The number of nitrogens with zero attached hydrogens (tertiary/aromatic N) is 2. The molecule has 1 saturated heterocycles. The van der Waals surface area contributed by atoms with Crippen LogP contribution in [0.2, 0.25) is 0 Å². The van der Waals surface area contributed by atoms with E-state index < -0.39 is 0 Å². The third-order valence-corrected chi connectivity index (χ3v) is 6.20. The maximum absolute atomic E-state index is 8.85. The quantitative estimate of drug-likeness (QED) is 0.635. The number of thiophene rings is 1. The van der Waals surface area contributed by atoms with E-state index in [4.69, 9.17) is 10.00 Å². The molecule has 0 N–H and O–H groups in total. The molecule has 0 spiro atoms. The number of rotatable bonds is 8. The first-order valence-electron chi connectivity index (χ1n) is 9.66. The Hall–Kier alpha value is -1.83. The highest BCUT2D eigenvalue weighted by Crippen LogP contribution is 2.29. The van der Waals surface area contributed by atoms with E-state index in [1.54, 1.807) is 0 Å². The molecule has 4 heteroatoms. The molecule has 0 saturated carbocycles.